The maximum absolute atomic E-state index is 11.9. The molecule has 2 rings (SSSR count). The van der Waals surface area contributed by atoms with E-state index in [9.17, 15) is 8.78 Å². The second-order valence-corrected chi connectivity index (χ2v) is 3.69. The molecule has 0 bridgehead atoms. The number of fused-ring (bicyclic) bond motifs is 1. The van der Waals surface area contributed by atoms with Gasteiger partial charge in [0.25, 0.3) is 6.43 Å². The van der Waals surface area contributed by atoms with Crippen LogP contribution < -0.4 is 10.6 Å². The molecular weight excluding hydrogens is 198 g/mol. The molecule has 1 aromatic carbocycles. The van der Waals surface area contributed by atoms with E-state index in [4.69, 9.17) is 0 Å². The van der Waals surface area contributed by atoms with Gasteiger partial charge in [-0.25, -0.2) is 8.78 Å². The molecule has 0 radical (unpaired) electrons. The second-order valence-electron chi connectivity index (χ2n) is 3.69. The first kappa shape index (κ1) is 10.4. The quantitative estimate of drug-likeness (QED) is 0.797. The van der Waals surface area contributed by atoms with Crippen molar-refractivity contribution in [3.8, 4) is 0 Å². The van der Waals surface area contributed by atoms with Crippen molar-refractivity contribution in [1.29, 1.82) is 0 Å². The monoisotopic (exact) mass is 212 g/mol. The normalized spacial score (nSPS) is 14.1. The lowest BCUT2D eigenvalue weighted by atomic mass is 10.1. The maximum Gasteiger partial charge on any atom is 0.250 e. The number of nitrogens with one attached hydrogen (secondary N) is 2. The van der Waals surface area contributed by atoms with E-state index >= 15 is 0 Å². The van der Waals surface area contributed by atoms with Crippen LogP contribution in [0.15, 0.2) is 18.2 Å². The van der Waals surface area contributed by atoms with Gasteiger partial charge in [-0.2, -0.15) is 0 Å². The van der Waals surface area contributed by atoms with Crippen molar-refractivity contribution in [3.63, 3.8) is 0 Å². The number of benzene rings is 1. The number of hydrogen-bond donors (Lipinski definition) is 2. The van der Waals surface area contributed by atoms with Gasteiger partial charge < -0.3 is 10.6 Å². The Bertz CT molecular complexity index is 339. The summed E-state index contributed by atoms with van der Waals surface area (Å²) in [5.74, 6) is 0. The molecule has 2 N–H and O–H groups in total. The van der Waals surface area contributed by atoms with Crippen molar-refractivity contribution < 1.29 is 8.78 Å². The zero-order chi connectivity index (χ0) is 10.7. The number of halogens is 2. The summed E-state index contributed by atoms with van der Waals surface area (Å²) in [5.41, 5.74) is 3.53. The van der Waals surface area contributed by atoms with E-state index in [0.29, 0.717) is 6.54 Å². The highest BCUT2D eigenvalue weighted by Crippen LogP contribution is 2.22. The van der Waals surface area contributed by atoms with Crippen molar-refractivity contribution in [2.24, 2.45) is 0 Å². The van der Waals surface area contributed by atoms with Crippen LogP contribution in [0.3, 0.4) is 0 Å². The molecule has 0 aliphatic carbocycles. The van der Waals surface area contributed by atoms with E-state index in [1.165, 1.54) is 11.3 Å². The third kappa shape index (κ3) is 2.65. The van der Waals surface area contributed by atoms with Crippen molar-refractivity contribution in [2.45, 2.75) is 19.4 Å². The van der Waals surface area contributed by atoms with Gasteiger partial charge in [0.2, 0.25) is 0 Å². The Morgan fingerprint density at radius 1 is 1.40 bits per heavy atom. The third-order valence-electron chi connectivity index (χ3n) is 2.51. The standard InChI is InChI=1S/C11H14F2N2/c12-11(13)7-14-6-8-1-2-10-9(5-8)3-4-15-10/h1-2,5,11,14-15H,3-4,6-7H2. The first-order valence-corrected chi connectivity index (χ1v) is 5.10. The predicted octanol–water partition coefficient (Wildman–Crippen LogP) is 2.01. The van der Waals surface area contributed by atoms with Gasteiger partial charge in [-0.15, -0.1) is 0 Å². The molecule has 0 aromatic heterocycles. The fraction of sp³-hybridized carbons (Fsp3) is 0.455. The van der Waals surface area contributed by atoms with Crippen LogP contribution >= 0.6 is 0 Å². The van der Waals surface area contributed by atoms with E-state index in [2.05, 4.69) is 16.7 Å². The molecule has 1 heterocycles. The lowest BCUT2D eigenvalue weighted by molar-refractivity contribution is 0.145. The minimum atomic E-state index is -2.28. The molecular formula is C11H14F2N2. The Kier molecular flexibility index (Phi) is 3.16. The smallest absolute Gasteiger partial charge is 0.250 e. The zero-order valence-corrected chi connectivity index (χ0v) is 8.39. The number of hydrogen-bond acceptors (Lipinski definition) is 2. The van der Waals surface area contributed by atoms with Crippen LogP contribution in [0.2, 0.25) is 0 Å². The van der Waals surface area contributed by atoms with E-state index in [0.717, 1.165) is 18.5 Å². The Balaban J connectivity index is 1.92. The SMILES string of the molecule is FC(F)CNCc1ccc2c(c1)CCN2. The second kappa shape index (κ2) is 4.57. The minimum absolute atomic E-state index is 0.241. The summed E-state index contributed by atoms with van der Waals surface area (Å²) in [6, 6.07) is 6.06. The van der Waals surface area contributed by atoms with Crippen molar-refractivity contribution in [3.05, 3.63) is 29.3 Å². The Hall–Kier alpha value is -1.16. The predicted molar refractivity (Wildman–Crippen MR) is 56.3 cm³/mol. The van der Waals surface area contributed by atoms with Gasteiger partial charge in [0.1, 0.15) is 0 Å². The summed E-state index contributed by atoms with van der Waals surface area (Å²) in [7, 11) is 0. The number of anilines is 1. The Morgan fingerprint density at radius 3 is 3.07 bits per heavy atom. The molecule has 0 fully saturated rings. The molecule has 1 aromatic rings. The highest BCUT2D eigenvalue weighted by molar-refractivity contribution is 5.56. The highest BCUT2D eigenvalue weighted by Gasteiger charge is 2.09. The third-order valence-corrected chi connectivity index (χ3v) is 2.51. The number of rotatable bonds is 4. The minimum Gasteiger partial charge on any atom is -0.384 e. The first-order valence-electron chi connectivity index (χ1n) is 5.10. The van der Waals surface area contributed by atoms with Gasteiger partial charge in [0, 0.05) is 18.8 Å². The van der Waals surface area contributed by atoms with Gasteiger partial charge in [-0.1, -0.05) is 12.1 Å². The molecule has 1 aliphatic rings. The molecule has 0 atom stereocenters. The maximum atomic E-state index is 11.9. The van der Waals surface area contributed by atoms with Gasteiger partial charge in [0.15, 0.2) is 0 Å². The van der Waals surface area contributed by atoms with Crippen molar-refractivity contribution >= 4 is 5.69 Å². The summed E-state index contributed by atoms with van der Waals surface area (Å²) in [6.45, 7) is 1.25. The van der Waals surface area contributed by atoms with E-state index < -0.39 is 6.43 Å². The fourth-order valence-corrected chi connectivity index (χ4v) is 1.79. The van der Waals surface area contributed by atoms with E-state index in [1.807, 2.05) is 12.1 Å². The average Bonchev–Trinajstić information content (AvgIpc) is 2.64. The van der Waals surface area contributed by atoms with E-state index in [-0.39, 0.29) is 6.54 Å². The van der Waals surface area contributed by atoms with Crippen LogP contribution in [0.1, 0.15) is 11.1 Å². The molecule has 4 heteroatoms. The van der Waals surface area contributed by atoms with Crippen LogP contribution in [0.5, 0.6) is 0 Å². The summed E-state index contributed by atoms with van der Waals surface area (Å²) < 4.78 is 23.8. The molecule has 1 aliphatic heterocycles. The first-order chi connectivity index (χ1) is 7.25. The van der Waals surface area contributed by atoms with Crippen LogP contribution in [-0.4, -0.2) is 19.5 Å². The number of alkyl halides is 2. The molecule has 0 amide bonds. The van der Waals surface area contributed by atoms with Crippen LogP contribution in [-0.2, 0) is 13.0 Å². The van der Waals surface area contributed by atoms with Crippen molar-refractivity contribution in [2.75, 3.05) is 18.4 Å². The summed E-state index contributed by atoms with van der Waals surface area (Å²) in [5, 5.41) is 5.98. The van der Waals surface area contributed by atoms with E-state index in [1.54, 1.807) is 0 Å². The lowest BCUT2D eigenvalue weighted by Gasteiger charge is -2.06. The van der Waals surface area contributed by atoms with Gasteiger partial charge in [0.05, 0.1) is 6.54 Å². The van der Waals surface area contributed by atoms with Crippen LogP contribution in [0, 0.1) is 0 Å². The molecule has 82 valence electrons. The fourth-order valence-electron chi connectivity index (χ4n) is 1.79. The summed E-state index contributed by atoms with van der Waals surface area (Å²) in [6.07, 6.45) is -1.25. The van der Waals surface area contributed by atoms with Crippen LogP contribution in [0.4, 0.5) is 14.5 Å². The largest absolute Gasteiger partial charge is 0.384 e. The molecule has 0 saturated heterocycles. The Morgan fingerprint density at radius 2 is 2.27 bits per heavy atom. The average molecular weight is 212 g/mol. The van der Waals surface area contributed by atoms with Gasteiger partial charge >= 0.3 is 0 Å². The molecule has 2 nitrogen and oxygen atoms in total. The van der Waals surface area contributed by atoms with Crippen LogP contribution in [0.25, 0.3) is 0 Å². The van der Waals surface area contributed by atoms with Gasteiger partial charge in [-0.3, -0.25) is 0 Å². The molecule has 0 saturated carbocycles. The molecule has 0 spiro atoms. The zero-order valence-electron chi connectivity index (χ0n) is 8.39. The Labute approximate surface area is 87.7 Å². The molecule has 0 unspecified atom stereocenters. The topological polar surface area (TPSA) is 24.1 Å². The molecule has 15 heavy (non-hydrogen) atoms. The summed E-state index contributed by atoms with van der Waals surface area (Å²) in [4.78, 5) is 0. The van der Waals surface area contributed by atoms with Crippen molar-refractivity contribution in [1.82, 2.24) is 5.32 Å². The lowest BCUT2D eigenvalue weighted by Crippen LogP contribution is -2.20. The van der Waals surface area contributed by atoms with Gasteiger partial charge in [-0.05, 0) is 23.6 Å². The highest BCUT2D eigenvalue weighted by atomic mass is 19.3. The summed E-state index contributed by atoms with van der Waals surface area (Å²) >= 11 is 0.